The van der Waals surface area contributed by atoms with Crippen LogP contribution >= 0.6 is 0 Å². The van der Waals surface area contributed by atoms with Crippen molar-refractivity contribution in [3.63, 3.8) is 0 Å². The Labute approximate surface area is 156 Å². The highest BCUT2D eigenvalue weighted by atomic mass is 32.2. The second-order valence-electron chi connectivity index (χ2n) is 5.88. The molecule has 3 N–H and O–H groups in total. The zero-order valence-corrected chi connectivity index (χ0v) is 15.5. The summed E-state index contributed by atoms with van der Waals surface area (Å²) in [5, 5.41) is 11.7. The topological polar surface area (TPSA) is 113 Å². The van der Waals surface area contributed by atoms with E-state index in [0.29, 0.717) is 6.42 Å². The molecule has 9 heteroatoms. The van der Waals surface area contributed by atoms with Crippen molar-refractivity contribution in [2.24, 2.45) is 0 Å². The molecule has 2 aromatic rings. The van der Waals surface area contributed by atoms with Gasteiger partial charge >= 0.3 is 5.97 Å². The van der Waals surface area contributed by atoms with Crippen LogP contribution in [0.3, 0.4) is 0 Å². The first kappa shape index (κ1) is 20.4. The van der Waals surface area contributed by atoms with Crippen LogP contribution in [-0.4, -0.2) is 31.4 Å². The van der Waals surface area contributed by atoms with E-state index >= 15 is 0 Å². The normalized spacial score (nSPS) is 12.3. The molecule has 0 radical (unpaired) electrons. The van der Waals surface area contributed by atoms with Crippen molar-refractivity contribution >= 4 is 27.6 Å². The van der Waals surface area contributed by atoms with Gasteiger partial charge in [0.05, 0.1) is 21.7 Å². The Balaban J connectivity index is 2.38. The predicted molar refractivity (Wildman–Crippen MR) is 97.8 cm³/mol. The molecule has 0 saturated heterocycles. The molecule has 2 aromatic carbocycles. The summed E-state index contributed by atoms with van der Waals surface area (Å²) >= 11 is 0. The summed E-state index contributed by atoms with van der Waals surface area (Å²) in [6, 6.07) is 8.34. The monoisotopic (exact) mass is 394 g/mol. The van der Waals surface area contributed by atoms with E-state index < -0.39 is 38.2 Å². The van der Waals surface area contributed by atoms with Gasteiger partial charge in [-0.3, -0.25) is 9.52 Å². The number of benzene rings is 2. The lowest BCUT2D eigenvalue weighted by molar-refractivity contribution is 0.0691. The number of aromatic carboxylic acids is 1. The number of amides is 1. The first-order valence-corrected chi connectivity index (χ1v) is 9.59. The number of halogens is 1. The molecule has 0 spiro atoms. The summed E-state index contributed by atoms with van der Waals surface area (Å²) in [5.74, 6) is -3.08. The summed E-state index contributed by atoms with van der Waals surface area (Å²) < 4.78 is 40.9. The van der Waals surface area contributed by atoms with Gasteiger partial charge in [0.1, 0.15) is 5.82 Å². The molecule has 1 amide bonds. The predicted octanol–water partition coefficient (Wildman–Crippen LogP) is 2.85. The van der Waals surface area contributed by atoms with Crippen LogP contribution in [0.5, 0.6) is 0 Å². The zero-order chi connectivity index (χ0) is 20.2. The van der Waals surface area contributed by atoms with Crippen molar-refractivity contribution in [1.82, 2.24) is 5.32 Å². The lowest BCUT2D eigenvalue weighted by Crippen LogP contribution is -2.32. The minimum Gasteiger partial charge on any atom is -0.478 e. The molecule has 0 heterocycles. The van der Waals surface area contributed by atoms with Gasteiger partial charge in [0.25, 0.3) is 15.9 Å². The van der Waals surface area contributed by atoms with Crippen LogP contribution in [0.15, 0.2) is 47.4 Å². The standard InChI is InChI=1S/C18H19FN2O5S/c1-3-11(2)20-17(22)13-6-4-5-7-16(13)21-27(25,26)12-8-9-15(19)14(10-12)18(23)24/h4-11,21H,3H2,1-2H3,(H,20,22)(H,23,24)/t11-/m0/s1. The Morgan fingerprint density at radius 2 is 1.81 bits per heavy atom. The molecule has 0 unspecified atom stereocenters. The Hall–Kier alpha value is -2.94. The summed E-state index contributed by atoms with van der Waals surface area (Å²) in [5.41, 5.74) is -0.623. The van der Waals surface area contributed by atoms with E-state index in [9.17, 15) is 22.4 Å². The van der Waals surface area contributed by atoms with Crippen LogP contribution in [0.4, 0.5) is 10.1 Å². The quantitative estimate of drug-likeness (QED) is 0.668. The molecule has 1 atom stereocenters. The molecule has 0 aromatic heterocycles. The molecule has 2 rings (SSSR count). The third-order valence-corrected chi connectivity index (χ3v) is 5.25. The van der Waals surface area contributed by atoms with Crippen LogP contribution < -0.4 is 10.0 Å². The van der Waals surface area contributed by atoms with Crippen molar-refractivity contribution in [1.29, 1.82) is 0 Å². The Morgan fingerprint density at radius 3 is 2.44 bits per heavy atom. The number of hydrogen-bond acceptors (Lipinski definition) is 4. The summed E-state index contributed by atoms with van der Waals surface area (Å²) in [4.78, 5) is 23.0. The number of carboxylic acid groups (broad SMARTS) is 1. The molecule has 7 nitrogen and oxygen atoms in total. The number of carbonyl (C=O) groups excluding carboxylic acids is 1. The number of carboxylic acids is 1. The third kappa shape index (κ3) is 4.82. The molecule has 0 aliphatic carbocycles. The summed E-state index contributed by atoms with van der Waals surface area (Å²) in [6.45, 7) is 3.71. The van der Waals surface area contributed by atoms with Crippen LogP contribution in [0.2, 0.25) is 0 Å². The fourth-order valence-corrected chi connectivity index (χ4v) is 3.32. The van der Waals surface area contributed by atoms with Gasteiger partial charge in [-0.25, -0.2) is 17.6 Å². The van der Waals surface area contributed by atoms with Gasteiger partial charge in [0.2, 0.25) is 0 Å². The van der Waals surface area contributed by atoms with Crippen molar-refractivity contribution < 1.29 is 27.5 Å². The second-order valence-corrected chi connectivity index (χ2v) is 7.56. The van der Waals surface area contributed by atoms with E-state index in [2.05, 4.69) is 10.0 Å². The first-order valence-electron chi connectivity index (χ1n) is 8.11. The smallest absolute Gasteiger partial charge is 0.338 e. The molecule has 0 bridgehead atoms. The minimum atomic E-state index is -4.24. The summed E-state index contributed by atoms with van der Waals surface area (Å²) in [7, 11) is -4.24. The van der Waals surface area contributed by atoms with Gasteiger partial charge in [0, 0.05) is 6.04 Å². The molecule has 0 aliphatic rings. The highest BCUT2D eigenvalue weighted by Gasteiger charge is 2.22. The number of para-hydroxylation sites is 1. The average molecular weight is 394 g/mol. The first-order chi connectivity index (χ1) is 12.7. The fraction of sp³-hybridized carbons (Fsp3) is 0.222. The number of hydrogen-bond donors (Lipinski definition) is 3. The molecular weight excluding hydrogens is 375 g/mol. The average Bonchev–Trinajstić information content (AvgIpc) is 2.61. The molecule has 144 valence electrons. The lowest BCUT2D eigenvalue weighted by atomic mass is 10.1. The van der Waals surface area contributed by atoms with Crippen molar-refractivity contribution in [3.05, 3.63) is 59.4 Å². The van der Waals surface area contributed by atoms with E-state index in [1.165, 1.54) is 12.1 Å². The number of anilines is 1. The maximum Gasteiger partial charge on any atom is 0.338 e. The molecule has 0 aliphatic heterocycles. The molecule has 27 heavy (non-hydrogen) atoms. The number of nitrogens with one attached hydrogen (secondary N) is 2. The number of rotatable bonds is 7. The van der Waals surface area contributed by atoms with Crippen LogP contribution in [0.25, 0.3) is 0 Å². The van der Waals surface area contributed by atoms with Crippen molar-refractivity contribution in [3.8, 4) is 0 Å². The van der Waals surface area contributed by atoms with E-state index in [0.717, 1.165) is 18.2 Å². The minimum absolute atomic E-state index is 0.0273. The van der Waals surface area contributed by atoms with Crippen LogP contribution in [0.1, 0.15) is 41.0 Å². The van der Waals surface area contributed by atoms with Crippen molar-refractivity contribution in [2.45, 2.75) is 31.2 Å². The van der Waals surface area contributed by atoms with Crippen LogP contribution in [0, 0.1) is 5.82 Å². The number of carbonyl (C=O) groups is 2. The Bertz CT molecular complexity index is 975. The second kappa shape index (κ2) is 8.17. The van der Waals surface area contributed by atoms with E-state index in [-0.39, 0.29) is 17.3 Å². The van der Waals surface area contributed by atoms with Gasteiger partial charge in [0.15, 0.2) is 0 Å². The molecule has 0 saturated carbocycles. The molecular formula is C18H19FN2O5S. The van der Waals surface area contributed by atoms with Gasteiger partial charge in [-0.1, -0.05) is 19.1 Å². The van der Waals surface area contributed by atoms with Gasteiger partial charge in [-0.05, 0) is 43.7 Å². The van der Waals surface area contributed by atoms with E-state index in [1.807, 2.05) is 13.8 Å². The maximum absolute atomic E-state index is 13.5. The summed E-state index contributed by atoms with van der Waals surface area (Å²) in [6.07, 6.45) is 0.702. The van der Waals surface area contributed by atoms with Crippen molar-refractivity contribution in [2.75, 3.05) is 4.72 Å². The number of sulfonamides is 1. The third-order valence-electron chi connectivity index (χ3n) is 3.88. The zero-order valence-electron chi connectivity index (χ0n) is 14.7. The highest BCUT2D eigenvalue weighted by Crippen LogP contribution is 2.22. The SMILES string of the molecule is CC[C@H](C)NC(=O)c1ccccc1NS(=O)(=O)c1ccc(F)c(C(=O)O)c1. The van der Waals surface area contributed by atoms with Gasteiger partial charge in [-0.2, -0.15) is 0 Å². The van der Waals surface area contributed by atoms with E-state index in [4.69, 9.17) is 5.11 Å². The van der Waals surface area contributed by atoms with Crippen LogP contribution in [-0.2, 0) is 10.0 Å². The fourth-order valence-electron chi connectivity index (χ4n) is 2.21. The van der Waals surface area contributed by atoms with Gasteiger partial charge < -0.3 is 10.4 Å². The lowest BCUT2D eigenvalue weighted by Gasteiger charge is -2.15. The maximum atomic E-state index is 13.5. The largest absolute Gasteiger partial charge is 0.478 e. The Kier molecular flexibility index (Phi) is 6.17. The van der Waals surface area contributed by atoms with E-state index in [1.54, 1.807) is 12.1 Å². The Morgan fingerprint density at radius 1 is 1.15 bits per heavy atom. The highest BCUT2D eigenvalue weighted by molar-refractivity contribution is 7.92. The van der Waals surface area contributed by atoms with Gasteiger partial charge in [-0.15, -0.1) is 0 Å². The molecule has 0 fully saturated rings.